The lowest BCUT2D eigenvalue weighted by Gasteiger charge is -2.17. The summed E-state index contributed by atoms with van der Waals surface area (Å²) in [5, 5.41) is 5.39. The van der Waals surface area contributed by atoms with Gasteiger partial charge < -0.3 is 15.0 Å². The first kappa shape index (κ1) is 19.2. The topological polar surface area (TPSA) is 74.4 Å². The molecule has 3 heterocycles. The van der Waals surface area contributed by atoms with Crippen LogP contribution in [0, 0.1) is 0 Å². The summed E-state index contributed by atoms with van der Waals surface area (Å²) in [6, 6.07) is 15.5. The summed E-state index contributed by atoms with van der Waals surface area (Å²) in [6.45, 7) is 0.215. The highest BCUT2D eigenvalue weighted by Gasteiger charge is 2.46. The van der Waals surface area contributed by atoms with Crippen molar-refractivity contribution in [2.75, 3.05) is 12.4 Å². The fourth-order valence-corrected chi connectivity index (χ4v) is 5.63. The normalized spacial score (nSPS) is 20.1. The molecular formula is C28H21N3O3. The number of anilines is 1. The van der Waals surface area contributed by atoms with Crippen molar-refractivity contribution >= 4 is 39.3 Å². The van der Waals surface area contributed by atoms with E-state index in [-0.39, 0.29) is 30.3 Å². The van der Waals surface area contributed by atoms with E-state index in [1.54, 1.807) is 7.11 Å². The highest BCUT2D eigenvalue weighted by molar-refractivity contribution is 6.32. The molecule has 34 heavy (non-hydrogen) atoms. The molecule has 0 radical (unpaired) electrons. The number of hydrogen-bond donors (Lipinski definition) is 2. The van der Waals surface area contributed by atoms with Gasteiger partial charge in [0.1, 0.15) is 5.75 Å². The summed E-state index contributed by atoms with van der Waals surface area (Å²) < 4.78 is 5.24. The van der Waals surface area contributed by atoms with Crippen molar-refractivity contribution in [1.29, 1.82) is 0 Å². The number of allylic oxidation sites excluding steroid dienone is 2. The van der Waals surface area contributed by atoms with Gasteiger partial charge in [-0.05, 0) is 23.8 Å². The Balaban J connectivity index is 1.46. The first-order chi connectivity index (χ1) is 16.7. The fraction of sp³-hybridized carbons (Fsp3) is 0.143. The summed E-state index contributed by atoms with van der Waals surface area (Å²) in [5.74, 6) is 0.262. The molecule has 7 rings (SSSR count). The number of rotatable bonds is 3. The summed E-state index contributed by atoms with van der Waals surface area (Å²) in [7, 11) is 1.61. The third-order valence-electron chi connectivity index (χ3n) is 7.19. The maximum absolute atomic E-state index is 13.9. The zero-order chi connectivity index (χ0) is 23.0. The lowest BCUT2D eigenvalue weighted by Crippen LogP contribution is -2.29. The van der Waals surface area contributed by atoms with E-state index >= 15 is 0 Å². The number of nitrogens with zero attached hydrogens (tertiary/aromatic N) is 1. The number of carbonyl (C=O) groups is 2. The maximum atomic E-state index is 13.9. The van der Waals surface area contributed by atoms with E-state index in [4.69, 9.17) is 4.74 Å². The Morgan fingerprint density at radius 2 is 1.71 bits per heavy atom. The van der Waals surface area contributed by atoms with E-state index < -0.39 is 0 Å². The van der Waals surface area contributed by atoms with Crippen LogP contribution < -0.4 is 10.1 Å². The number of imide groups is 1. The summed E-state index contributed by atoms with van der Waals surface area (Å²) in [5.41, 5.74) is 5.58. The van der Waals surface area contributed by atoms with Gasteiger partial charge in [0, 0.05) is 27.8 Å². The van der Waals surface area contributed by atoms with E-state index in [1.165, 1.54) is 4.90 Å². The summed E-state index contributed by atoms with van der Waals surface area (Å²) in [4.78, 5) is 32.6. The van der Waals surface area contributed by atoms with Crippen LogP contribution in [0.5, 0.6) is 5.75 Å². The van der Waals surface area contributed by atoms with Crippen molar-refractivity contribution in [3.8, 4) is 5.75 Å². The number of aromatic nitrogens is 1. The molecule has 0 spiro atoms. The predicted molar refractivity (Wildman–Crippen MR) is 131 cm³/mol. The number of H-pyrrole nitrogens is 1. The second-order valence-corrected chi connectivity index (χ2v) is 8.97. The quantitative estimate of drug-likeness (QED) is 0.427. The zero-order valence-electron chi connectivity index (χ0n) is 18.5. The molecule has 2 N–H and O–H groups in total. The first-order valence-corrected chi connectivity index (χ1v) is 11.4. The van der Waals surface area contributed by atoms with Gasteiger partial charge in [-0.2, -0.15) is 0 Å². The van der Waals surface area contributed by atoms with Gasteiger partial charge in [0.2, 0.25) is 0 Å². The van der Waals surface area contributed by atoms with Crippen molar-refractivity contribution in [2.24, 2.45) is 0 Å². The number of benzene rings is 3. The van der Waals surface area contributed by atoms with E-state index in [1.807, 2.05) is 60.7 Å². The van der Waals surface area contributed by atoms with Gasteiger partial charge in [0.05, 0.1) is 42.0 Å². The Labute approximate surface area is 195 Å². The van der Waals surface area contributed by atoms with Gasteiger partial charge in [-0.3, -0.25) is 14.5 Å². The zero-order valence-corrected chi connectivity index (χ0v) is 18.5. The van der Waals surface area contributed by atoms with E-state index in [2.05, 4.69) is 22.5 Å². The lowest BCUT2D eigenvalue weighted by atomic mass is 9.86. The van der Waals surface area contributed by atoms with Crippen molar-refractivity contribution in [2.45, 2.75) is 18.5 Å². The van der Waals surface area contributed by atoms with Gasteiger partial charge in [-0.25, -0.2) is 0 Å². The third-order valence-corrected chi connectivity index (χ3v) is 7.19. The van der Waals surface area contributed by atoms with Crippen LogP contribution in [0.1, 0.15) is 37.8 Å². The van der Waals surface area contributed by atoms with Crippen LogP contribution in [0.4, 0.5) is 5.69 Å². The van der Waals surface area contributed by atoms with Crippen LogP contribution in [0.2, 0.25) is 0 Å². The van der Waals surface area contributed by atoms with Gasteiger partial charge in [0.25, 0.3) is 11.8 Å². The minimum absolute atomic E-state index is 0.00208. The number of fused-ring (bicyclic) bond motifs is 10. The molecule has 1 aliphatic carbocycles. The largest absolute Gasteiger partial charge is 0.497 e. The van der Waals surface area contributed by atoms with Gasteiger partial charge in [0.15, 0.2) is 0 Å². The number of methoxy groups -OCH3 is 1. The van der Waals surface area contributed by atoms with Crippen molar-refractivity contribution in [1.82, 2.24) is 9.88 Å². The van der Waals surface area contributed by atoms with Crippen LogP contribution >= 0.6 is 0 Å². The molecule has 2 unspecified atom stereocenters. The number of carbonyl (C=O) groups excluding carboxylic acids is 2. The molecule has 0 saturated heterocycles. The van der Waals surface area contributed by atoms with Gasteiger partial charge in [-0.1, -0.05) is 54.6 Å². The number of nitrogens with one attached hydrogen (secondary N) is 2. The molecule has 6 heteroatoms. The number of para-hydroxylation sites is 1. The van der Waals surface area contributed by atoms with Crippen LogP contribution in [0.25, 0.3) is 21.8 Å². The van der Waals surface area contributed by atoms with Gasteiger partial charge >= 0.3 is 0 Å². The Morgan fingerprint density at radius 1 is 0.941 bits per heavy atom. The summed E-state index contributed by atoms with van der Waals surface area (Å²) in [6.07, 6.45) is 8.26. The molecule has 166 valence electrons. The van der Waals surface area contributed by atoms with Crippen molar-refractivity contribution < 1.29 is 14.3 Å². The second kappa shape index (κ2) is 6.84. The maximum Gasteiger partial charge on any atom is 0.262 e. The Hall–Kier alpha value is -4.32. The number of amides is 2. The molecule has 0 bridgehead atoms. The number of ether oxygens (including phenoxy) is 1. The van der Waals surface area contributed by atoms with Gasteiger partial charge in [-0.15, -0.1) is 0 Å². The molecule has 2 atom stereocenters. The van der Waals surface area contributed by atoms with Crippen LogP contribution in [0.3, 0.4) is 0 Å². The third kappa shape index (κ3) is 2.45. The molecular weight excluding hydrogens is 426 g/mol. The molecule has 1 aromatic heterocycles. The molecule has 2 amide bonds. The Kier molecular flexibility index (Phi) is 3.86. The highest BCUT2D eigenvalue weighted by atomic mass is 16.5. The molecule has 0 fully saturated rings. The fourth-order valence-electron chi connectivity index (χ4n) is 5.63. The SMILES string of the molecule is COc1ccc(CN2C(=O)c3c4c(c5[nH]c6ccccc6c5c3C2=O)NC2C=CC=CC42)cc1. The molecule has 3 aromatic carbocycles. The Morgan fingerprint density at radius 3 is 2.53 bits per heavy atom. The summed E-state index contributed by atoms with van der Waals surface area (Å²) >= 11 is 0. The molecule has 6 nitrogen and oxygen atoms in total. The van der Waals surface area contributed by atoms with E-state index in [0.717, 1.165) is 44.4 Å². The minimum Gasteiger partial charge on any atom is -0.497 e. The molecule has 0 saturated carbocycles. The van der Waals surface area contributed by atoms with Crippen molar-refractivity contribution in [3.05, 3.63) is 95.1 Å². The minimum atomic E-state index is -0.243. The highest BCUT2D eigenvalue weighted by Crippen LogP contribution is 2.50. The molecule has 4 aromatic rings. The smallest absolute Gasteiger partial charge is 0.262 e. The Bertz CT molecular complexity index is 1590. The molecule has 2 aliphatic heterocycles. The predicted octanol–water partition coefficient (Wildman–Crippen LogP) is 5.13. The van der Waals surface area contributed by atoms with Crippen LogP contribution in [0.15, 0.2) is 72.8 Å². The van der Waals surface area contributed by atoms with Crippen LogP contribution in [-0.4, -0.2) is 34.8 Å². The van der Waals surface area contributed by atoms with E-state index in [0.29, 0.717) is 11.1 Å². The van der Waals surface area contributed by atoms with E-state index in [9.17, 15) is 9.59 Å². The first-order valence-electron chi connectivity index (χ1n) is 11.4. The molecule has 3 aliphatic rings. The average molecular weight is 447 g/mol. The van der Waals surface area contributed by atoms with Crippen molar-refractivity contribution in [3.63, 3.8) is 0 Å². The average Bonchev–Trinajstić information content (AvgIpc) is 3.51. The number of aromatic amines is 1. The number of hydrogen-bond acceptors (Lipinski definition) is 4. The standard InChI is InChI=1S/C28H21N3O3/c1-34-16-12-10-15(11-13-16)14-31-27(32)23-21-17-6-2-4-8-19(17)29-25(21)26-22(24(23)28(31)33)18-7-3-5-9-20(18)30-26/h2-13,17,19,29-30H,14H2,1H3. The second-order valence-electron chi connectivity index (χ2n) is 8.97. The van der Waals surface area contributed by atoms with Crippen LogP contribution in [-0.2, 0) is 6.54 Å². The monoisotopic (exact) mass is 447 g/mol. The lowest BCUT2D eigenvalue weighted by molar-refractivity contribution is 0.0642.